The van der Waals surface area contributed by atoms with Gasteiger partial charge in [-0.2, -0.15) is 0 Å². The highest BCUT2D eigenvalue weighted by atomic mass is 32.1. The summed E-state index contributed by atoms with van der Waals surface area (Å²) in [4.78, 5) is 17.7. The fraction of sp³-hybridized carbons (Fsp3) is 0.280. The molecule has 6 nitrogen and oxygen atoms in total. The Morgan fingerprint density at radius 2 is 1.81 bits per heavy atom. The summed E-state index contributed by atoms with van der Waals surface area (Å²) in [6.45, 7) is 4.35. The minimum atomic E-state index is -0.0186. The fourth-order valence-electron chi connectivity index (χ4n) is 3.60. The largest absolute Gasteiger partial charge is 0.490 e. The van der Waals surface area contributed by atoms with Gasteiger partial charge in [0.05, 0.1) is 29.1 Å². The molecule has 1 N–H and O–H groups in total. The summed E-state index contributed by atoms with van der Waals surface area (Å²) in [6.07, 6.45) is 1.59. The number of imidazole rings is 1. The van der Waals surface area contributed by atoms with Crippen molar-refractivity contribution in [2.24, 2.45) is 0 Å². The van der Waals surface area contributed by atoms with Crippen molar-refractivity contribution in [3.8, 4) is 11.5 Å². The number of amides is 1. The van der Waals surface area contributed by atoms with Crippen LogP contribution >= 0.6 is 11.3 Å². The Morgan fingerprint density at radius 1 is 1.03 bits per heavy atom. The predicted molar refractivity (Wildman–Crippen MR) is 128 cm³/mol. The fourth-order valence-corrected chi connectivity index (χ4v) is 4.24. The summed E-state index contributed by atoms with van der Waals surface area (Å²) < 4.78 is 13.9. The Balaban J connectivity index is 1.38. The molecule has 4 rings (SSSR count). The highest BCUT2D eigenvalue weighted by Crippen LogP contribution is 2.26. The molecule has 4 aromatic rings. The first-order chi connectivity index (χ1) is 15.8. The quantitative estimate of drug-likeness (QED) is 0.330. The zero-order valence-electron chi connectivity index (χ0n) is 18.1. The van der Waals surface area contributed by atoms with Gasteiger partial charge in [-0.25, -0.2) is 4.98 Å². The molecular weight excluding hydrogens is 422 g/mol. The second kappa shape index (κ2) is 10.8. The first-order valence-electron chi connectivity index (χ1n) is 10.9. The first kappa shape index (κ1) is 21.9. The predicted octanol–water partition coefficient (Wildman–Crippen LogP) is 4.94. The molecule has 0 fully saturated rings. The molecule has 2 aromatic heterocycles. The van der Waals surface area contributed by atoms with Gasteiger partial charge in [0.15, 0.2) is 11.5 Å². The second-order valence-corrected chi connectivity index (χ2v) is 8.18. The van der Waals surface area contributed by atoms with Crippen LogP contribution in [0.5, 0.6) is 11.5 Å². The molecule has 0 radical (unpaired) electrons. The number of hydrogen-bond donors (Lipinski definition) is 1. The van der Waals surface area contributed by atoms with Gasteiger partial charge >= 0.3 is 0 Å². The highest BCUT2D eigenvalue weighted by Gasteiger charge is 2.12. The summed E-state index contributed by atoms with van der Waals surface area (Å²) in [6, 6.07) is 19.6. The summed E-state index contributed by atoms with van der Waals surface area (Å²) in [7, 11) is 0. The molecule has 7 heteroatoms. The van der Waals surface area contributed by atoms with E-state index in [0.29, 0.717) is 26.3 Å². The number of carbonyl (C=O) groups excluding carboxylic acids is 1. The van der Waals surface area contributed by atoms with Gasteiger partial charge in [-0.05, 0) is 49.1 Å². The summed E-state index contributed by atoms with van der Waals surface area (Å²) in [5, 5.41) is 4.90. The lowest BCUT2D eigenvalue weighted by Crippen LogP contribution is -2.24. The van der Waals surface area contributed by atoms with Crippen LogP contribution in [-0.2, 0) is 13.0 Å². The van der Waals surface area contributed by atoms with E-state index >= 15 is 0 Å². The molecule has 0 atom stereocenters. The lowest BCUT2D eigenvalue weighted by Gasteiger charge is -2.13. The molecule has 0 bridgehead atoms. The van der Waals surface area contributed by atoms with Gasteiger partial charge in [-0.1, -0.05) is 30.3 Å². The van der Waals surface area contributed by atoms with Crippen LogP contribution in [0.25, 0.3) is 11.0 Å². The molecule has 1 amide bonds. The average molecular weight is 450 g/mol. The van der Waals surface area contributed by atoms with Crippen molar-refractivity contribution in [3.63, 3.8) is 0 Å². The van der Waals surface area contributed by atoms with Crippen LogP contribution in [0.3, 0.4) is 0 Å². The van der Waals surface area contributed by atoms with Crippen molar-refractivity contribution < 1.29 is 14.3 Å². The van der Waals surface area contributed by atoms with Crippen LogP contribution in [0.15, 0.2) is 66.0 Å². The van der Waals surface area contributed by atoms with Crippen molar-refractivity contribution in [1.29, 1.82) is 0 Å². The van der Waals surface area contributed by atoms with Crippen LogP contribution < -0.4 is 14.8 Å². The minimum absolute atomic E-state index is 0.0186. The normalized spacial score (nSPS) is 10.9. The van der Waals surface area contributed by atoms with E-state index in [2.05, 4.69) is 16.0 Å². The maximum absolute atomic E-state index is 12.1. The van der Waals surface area contributed by atoms with Gasteiger partial charge in [0.1, 0.15) is 12.4 Å². The molecule has 0 aliphatic carbocycles. The number of ether oxygens (including phenoxy) is 2. The van der Waals surface area contributed by atoms with Gasteiger partial charge in [-0.3, -0.25) is 4.79 Å². The summed E-state index contributed by atoms with van der Waals surface area (Å²) in [5.74, 6) is 2.48. The maximum Gasteiger partial charge on any atom is 0.261 e. The topological polar surface area (TPSA) is 65.4 Å². The number of para-hydroxylation sites is 4. The molecule has 2 aromatic carbocycles. The number of aromatic nitrogens is 2. The number of carbonyl (C=O) groups is 1. The van der Waals surface area contributed by atoms with Crippen molar-refractivity contribution >= 4 is 28.3 Å². The van der Waals surface area contributed by atoms with Gasteiger partial charge in [0.25, 0.3) is 5.91 Å². The monoisotopic (exact) mass is 449 g/mol. The molecule has 0 saturated carbocycles. The molecule has 0 aliphatic rings. The standard InChI is InChI=1S/C25H27N3O3S/c1-2-30-21-11-5-6-12-22(21)31-17-16-28-20-10-4-3-9-19(20)27-24(28)14-7-15-26-25(29)23-13-8-18-32-23/h3-6,8-13,18H,2,7,14-17H2,1H3,(H,26,29). The van der Waals surface area contributed by atoms with Crippen LogP contribution in [0, 0.1) is 0 Å². The van der Waals surface area contributed by atoms with Crippen LogP contribution in [0.1, 0.15) is 28.8 Å². The Hall–Kier alpha value is -3.32. The molecule has 0 saturated heterocycles. The Bertz CT molecular complexity index is 1150. The number of thiophene rings is 1. The van der Waals surface area contributed by atoms with E-state index in [0.717, 1.165) is 46.1 Å². The van der Waals surface area contributed by atoms with Crippen molar-refractivity contribution in [2.45, 2.75) is 26.3 Å². The lowest BCUT2D eigenvalue weighted by atomic mass is 10.3. The SMILES string of the molecule is CCOc1ccccc1OCCn1c(CCCNC(=O)c2cccs2)nc2ccccc21. The molecule has 0 unspecified atom stereocenters. The van der Waals surface area contributed by atoms with Crippen LogP contribution in [-0.4, -0.2) is 35.2 Å². The lowest BCUT2D eigenvalue weighted by molar-refractivity contribution is 0.0957. The van der Waals surface area contributed by atoms with E-state index in [1.807, 2.05) is 66.9 Å². The van der Waals surface area contributed by atoms with E-state index < -0.39 is 0 Å². The zero-order valence-corrected chi connectivity index (χ0v) is 18.9. The molecule has 0 spiro atoms. The smallest absolute Gasteiger partial charge is 0.261 e. The van der Waals surface area contributed by atoms with Crippen molar-refractivity contribution in [3.05, 3.63) is 76.7 Å². The summed E-state index contributed by atoms with van der Waals surface area (Å²) in [5.41, 5.74) is 2.06. The van der Waals surface area contributed by atoms with Crippen molar-refractivity contribution in [1.82, 2.24) is 14.9 Å². The second-order valence-electron chi connectivity index (χ2n) is 7.23. The first-order valence-corrected chi connectivity index (χ1v) is 11.7. The Kier molecular flexibility index (Phi) is 7.40. The molecule has 166 valence electrons. The highest BCUT2D eigenvalue weighted by molar-refractivity contribution is 7.12. The van der Waals surface area contributed by atoms with E-state index in [1.54, 1.807) is 0 Å². The maximum atomic E-state index is 12.1. The van der Waals surface area contributed by atoms with Crippen LogP contribution in [0.2, 0.25) is 0 Å². The van der Waals surface area contributed by atoms with Gasteiger partial charge in [0, 0.05) is 13.0 Å². The van der Waals surface area contributed by atoms with Gasteiger partial charge in [-0.15, -0.1) is 11.3 Å². The Labute approximate surface area is 191 Å². The van der Waals surface area contributed by atoms with Gasteiger partial charge in [0.2, 0.25) is 0 Å². The number of fused-ring (bicyclic) bond motifs is 1. The number of aryl methyl sites for hydroxylation is 1. The minimum Gasteiger partial charge on any atom is -0.490 e. The third kappa shape index (κ3) is 5.29. The molecule has 2 heterocycles. The van der Waals surface area contributed by atoms with E-state index in [-0.39, 0.29) is 5.91 Å². The summed E-state index contributed by atoms with van der Waals surface area (Å²) >= 11 is 1.45. The third-order valence-electron chi connectivity index (χ3n) is 5.06. The molecule has 0 aliphatic heterocycles. The Morgan fingerprint density at radius 3 is 2.59 bits per heavy atom. The van der Waals surface area contributed by atoms with Gasteiger partial charge < -0.3 is 19.4 Å². The number of nitrogens with zero attached hydrogens (tertiary/aromatic N) is 2. The zero-order chi connectivity index (χ0) is 22.2. The van der Waals surface area contributed by atoms with E-state index in [9.17, 15) is 4.79 Å². The van der Waals surface area contributed by atoms with E-state index in [1.165, 1.54) is 11.3 Å². The van der Waals surface area contributed by atoms with Crippen LogP contribution in [0.4, 0.5) is 0 Å². The number of rotatable bonds is 11. The molecular formula is C25H27N3O3S. The number of benzene rings is 2. The third-order valence-corrected chi connectivity index (χ3v) is 5.93. The number of hydrogen-bond acceptors (Lipinski definition) is 5. The molecule has 32 heavy (non-hydrogen) atoms. The van der Waals surface area contributed by atoms with Crippen molar-refractivity contribution in [2.75, 3.05) is 19.8 Å². The average Bonchev–Trinajstić information content (AvgIpc) is 3.47. The van der Waals surface area contributed by atoms with E-state index in [4.69, 9.17) is 14.5 Å². The number of nitrogens with one attached hydrogen (secondary N) is 1.